The number of hydrogen-bond donors (Lipinski definition) is 1. The van der Waals surface area contributed by atoms with Crippen LogP contribution in [0.1, 0.15) is 30.8 Å². The topological polar surface area (TPSA) is 78.4 Å². The molecule has 2 aromatic heterocycles. The lowest BCUT2D eigenvalue weighted by Gasteiger charge is -2.35. The highest BCUT2D eigenvalue weighted by Gasteiger charge is 2.24. The minimum absolute atomic E-state index is 0.0719. The normalized spacial score (nSPS) is 14.6. The fourth-order valence-corrected chi connectivity index (χ4v) is 3.51. The lowest BCUT2D eigenvalue weighted by molar-refractivity contribution is -0.116. The summed E-state index contributed by atoms with van der Waals surface area (Å²) in [6.45, 7) is 6.71. The first kappa shape index (κ1) is 18.3. The van der Waals surface area contributed by atoms with Crippen molar-refractivity contribution >= 4 is 34.1 Å². The molecule has 0 spiro atoms. The predicted molar refractivity (Wildman–Crippen MR) is 103 cm³/mol. The Morgan fingerprint density at radius 2 is 2.00 bits per heavy atom. The zero-order valence-corrected chi connectivity index (χ0v) is 15.8. The molecular weight excluding hydrogens is 350 g/mol. The molecule has 2 amide bonds. The lowest BCUT2D eigenvalue weighted by Crippen LogP contribution is -2.49. The van der Waals surface area contributed by atoms with Crippen molar-refractivity contribution in [3.05, 3.63) is 35.5 Å². The molecule has 3 rings (SSSR count). The van der Waals surface area contributed by atoms with E-state index in [-0.39, 0.29) is 17.7 Å². The molecule has 1 aliphatic rings. The van der Waals surface area contributed by atoms with Gasteiger partial charge in [-0.3, -0.25) is 9.59 Å². The highest BCUT2D eigenvalue weighted by molar-refractivity contribution is 7.14. The van der Waals surface area contributed by atoms with E-state index in [1.54, 1.807) is 16.5 Å². The van der Waals surface area contributed by atoms with Crippen molar-refractivity contribution in [2.75, 3.05) is 36.4 Å². The van der Waals surface area contributed by atoms with Crippen LogP contribution in [-0.4, -0.2) is 52.9 Å². The van der Waals surface area contributed by atoms with Crippen LogP contribution in [0.2, 0.25) is 0 Å². The predicted octanol–water partition coefficient (Wildman–Crippen LogP) is 2.49. The van der Waals surface area contributed by atoms with Crippen LogP contribution < -0.4 is 10.2 Å². The number of carbonyl (C=O) groups is 2. The zero-order valence-electron chi connectivity index (χ0n) is 15.0. The molecule has 0 saturated carbocycles. The Kier molecular flexibility index (Phi) is 5.82. The SMILES string of the molecule is CC(C)CC(=O)Nc1nc(C(=O)N2CCN(c3ccccn3)CC2)cs1. The standard InChI is InChI=1S/C18H23N5O2S/c1-13(2)11-16(24)21-18-20-14(12-26-18)17(25)23-9-7-22(8-10-23)15-5-3-4-6-19-15/h3-6,12-13H,7-11H2,1-2H3,(H,20,21,24). The van der Waals surface area contributed by atoms with Gasteiger partial charge in [0.1, 0.15) is 11.5 Å². The smallest absolute Gasteiger partial charge is 0.273 e. The Morgan fingerprint density at radius 1 is 1.23 bits per heavy atom. The molecule has 0 aromatic carbocycles. The summed E-state index contributed by atoms with van der Waals surface area (Å²) < 4.78 is 0. The fourth-order valence-electron chi connectivity index (χ4n) is 2.81. The molecule has 8 heteroatoms. The van der Waals surface area contributed by atoms with Gasteiger partial charge in [-0.15, -0.1) is 11.3 Å². The Bertz CT molecular complexity index is 754. The minimum atomic E-state index is -0.0914. The maximum atomic E-state index is 12.6. The lowest BCUT2D eigenvalue weighted by atomic mass is 10.1. The third kappa shape index (κ3) is 4.57. The number of thiazole rings is 1. The van der Waals surface area contributed by atoms with Gasteiger partial charge in [0.2, 0.25) is 5.91 Å². The molecule has 26 heavy (non-hydrogen) atoms. The van der Waals surface area contributed by atoms with Crippen molar-refractivity contribution in [3.8, 4) is 0 Å². The van der Waals surface area contributed by atoms with Gasteiger partial charge in [-0.25, -0.2) is 9.97 Å². The third-order valence-electron chi connectivity index (χ3n) is 4.10. The van der Waals surface area contributed by atoms with Crippen LogP contribution >= 0.6 is 11.3 Å². The molecule has 7 nitrogen and oxygen atoms in total. The number of amides is 2. The van der Waals surface area contributed by atoms with E-state index in [4.69, 9.17) is 0 Å². The van der Waals surface area contributed by atoms with E-state index in [9.17, 15) is 9.59 Å². The van der Waals surface area contributed by atoms with Gasteiger partial charge in [0.25, 0.3) is 5.91 Å². The molecule has 138 valence electrons. The maximum Gasteiger partial charge on any atom is 0.273 e. The molecule has 0 radical (unpaired) electrons. The van der Waals surface area contributed by atoms with Crippen molar-refractivity contribution in [2.45, 2.75) is 20.3 Å². The van der Waals surface area contributed by atoms with Crippen LogP contribution in [0.25, 0.3) is 0 Å². The molecule has 1 saturated heterocycles. The number of piperazine rings is 1. The molecule has 0 bridgehead atoms. The molecule has 3 heterocycles. The molecule has 1 fully saturated rings. The second kappa shape index (κ2) is 8.27. The van der Waals surface area contributed by atoms with Crippen molar-refractivity contribution in [1.82, 2.24) is 14.9 Å². The fraction of sp³-hybridized carbons (Fsp3) is 0.444. The van der Waals surface area contributed by atoms with Crippen molar-refractivity contribution in [1.29, 1.82) is 0 Å². The van der Waals surface area contributed by atoms with Crippen molar-refractivity contribution in [3.63, 3.8) is 0 Å². The summed E-state index contributed by atoms with van der Waals surface area (Å²) in [5, 5.41) is 4.95. The number of nitrogens with zero attached hydrogens (tertiary/aromatic N) is 4. The van der Waals surface area contributed by atoms with E-state index in [1.807, 2.05) is 32.0 Å². The van der Waals surface area contributed by atoms with Crippen molar-refractivity contribution in [2.24, 2.45) is 5.92 Å². The van der Waals surface area contributed by atoms with Gasteiger partial charge in [-0.2, -0.15) is 0 Å². The Labute approximate surface area is 157 Å². The number of carbonyl (C=O) groups excluding carboxylic acids is 2. The molecule has 1 aliphatic heterocycles. The zero-order chi connectivity index (χ0) is 18.5. The third-order valence-corrected chi connectivity index (χ3v) is 4.86. The molecule has 1 N–H and O–H groups in total. The number of pyridine rings is 1. The van der Waals surface area contributed by atoms with E-state index in [0.29, 0.717) is 30.3 Å². The van der Waals surface area contributed by atoms with E-state index in [1.165, 1.54) is 11.3 Å². The quantitative estimate of drug-likeness (QED) is 0.871. The van der Waals surface area contributed by atoms with E-state index >= 15 is 0 Å². The summed E-state index contributed by atoms with van der Waals surface area (Å²) in [7, 11) is 0. The van der Waals surface area contributed by atoms with Gasteiger partial charge in [-0.1, -0.05) is 19.9 Å². The largest absolute Gasteiger partial charge is 0.353 e. The summed E-state index contributed by atoms with van der Waals surface area (Å²) in [5.74, 6) is 1.05. The van der Waals surface area contributed by atoms with E-state index in [0.717, 1.165) is 18.9 Å². The first-order valence-corrected chi connectivity index (χ1v) is 9.61. The number of hydrogen-bond acceptors (Lipinski definition) is 6. The van der Waals surface area contributed by atoms with Crippen LogP contribution in [0.15, 0.2) is 29.8 Å². The second-order valence-corrected chi connectivity index (χ2v) is 7.51. The van der Waals surface area contributed by atoms with Gasteiger partial charge in [0, 0.05) is 44.2 Å². The molecule has 0 unspecified atom stereocenters. The van der Waals surface area contributed by atoms with E-state index < -0.39 is 0 Å². The minimum Gasteiger partial charge on any atom is -0.353 e. The van der Waals surface area contributed by atoms with Crippen molar-refractivity contribution < 1.29 is 9.59 Å². The highest BCUT2D eigenvalue weighted by Crippen LogP contribution is 2.19. The first-order chi connectivity index (χ1) is 12.5. The van der Waals surface area contributed by atoms with Crippen LogP contribution in [0.5, 0.6) is 0 Å². The monoisotopic (exact) mass is 373 g/mol. The highest BCUT2D eigenvalue weighted by atomic mass is 32.1. The number of aromatic nitrogens is 2. The number of nitrogens with one attached hydrogen (secondary N) is 1. The van der Waals surface area contributed by atoms with Gasteiger partial charge in [0.05, 0.1) is 0 Å². The number of rotatable bonds is 5. The van der Waals surface area contributed by atoms with Crippen LogP contribution in [-0.2, 0) is 4.79 Å². The van der Waals surface area contributed by atoms with Gasteiger partial charge in [0.15, 0.2) is 5.13 Å². The molecular formula is C18H23N5O2S. The maximum absolute atomic E-state index is 12.6. The summed E-state index contributed by atoms with van der Waals surface area (Å²) in [6.07, 6.45) is 2.22. The Hall–Kier alpha value is -2.48. The van der Waals surface area contributed by atoms with Gasteiger partial charge < -0.3 is 15.1 Å². The van der Waals surface area contributed by atoms with E-state index in [2.05, 4.69) is 20.2 Å². The Balaban J connectivity index is 1.55. The second-order valence-electron chi connectivity index (χ2n) is 6.65. The van der Waals surface area contributed by atoms with Crippen LogP contribution in [0, 0.1) is 5.92 Å². The first-order valence-electron chi connectivity index (χ1n) is 8.73. The molecule has 0 atom stereocenters. The summed E-state index contributed by atoms with van der Waals surface area (Å²) in [5.41, 5.74) is 0.390. The summed E-state index contributed by atoms with van der Waals surface area (Å²) in [4.78, 5) is 37.1. The summed E-state index contributed by atoms with van der Waals surface area (Å²) in [6, 6.07) is 5.83. The van der Waals surface area contributed by atoms with Crippen LogP contribution in [0.4, 0.5) is 10.9 Å². The summed E-state index contributed by atoms with van der Waals surface area (Å²) >= 11 is 1.28. The average Bonchev–Trinajstić information content (AvgIpc) is 3.09. The average molecular weight is 373 g/mol. The van der Waals surface area contributed by atoms with Crippen LogP contribution in [0.3, 0.4) is 0 Å². The Morgan fingerprint density at radius 3 is 2.65 bits per heavy atom. The molecule has 2 aromatic rings. The molecule has 0 aliphatic carbocycles. The van der Waals surface area contributed by atoms with Gasteiger partial charge >= 0.3 is 0 Å². The number of anilines is 2. The van der Waals surface area contributed by atoms with Gasteiger partial charge in [-0.05, 0) is 18.1 Å².